The SMILES string of the molecule is CCC(C)C(=CC1CCCCC1)OC(C)=O. The van der Waals surface area contributed by atoms with Crippen LogP contribution in [0.5, 0.6) is 0 Å². The van der Waals surface area contributed by atoms with Crippen LogP contribution in [-0.2, 0) is 9.53 Å². The summed E-state index contributed by atoms with van der Waals surface area (Å²) in [6.07, 6.45) is 9.71. The van der Waals surface area contributed by atoms with Crippen LogP contribution in [0.3, 0.4) is 0 Å². The Balaban J connectivity index is 2.65. The van der Waals surface area contributed by atoms with E-state index in [2.05, 4.69) is 19.9 Å². The van der Waals surface area contributed by atoms with Gasteiger partial charge in [0.1, 0.15) is 5.76 Å². The van der Waals surface area contributed by atoms with E-state index in [1.807, 2.05) is 0 Å². The topological polar surface area (TPSA) is 26.3 Å². The van der Waals surface area contributed by atoms with Gasteiger partial charge in [0.05, 0.1) is 0 Å². The molecule has 16 heavy (non-hydrogen) atoms. The van der Waals surface area contributed by atoms with E-state index in [1.54, 1.807) is 0 Å². The van der Waals surface area contributed by atoms with Gasteiger partial charge >= 0.3 is 5.97 Å². The van der Waals surface area contributed by atoms with E-state index in [1.165, 1.54) is 39.0 Å². The maximum absolute atomic E-state index is 11.1. The summed E-state index contributed by atoms with van der Waals surface area (Å²) in [7, 11) is 0. The van der Waals surface area contributed by atoms with Crippen LogP contribution < -0.4 is 0 Å². The van der Waals surface area contributed by atoms with Gasteiger partial charge in [-0.25, -0.2) is 0 Å². The largest absolute Gasteiger partial charge is 0.431 e. The Labute approximate surface area is 99.1 Å². The highest BCUT2D eigenvalue weighted by Gasteiger charge is 2.16. The zero-order valence-corrected chi connectivity index (χ0v) is 10.8. The number of hydrogen-bond acceptors (Lipinski definition) is 2. The molecule has 1 fully saturated rings. The molecule has 92 valence electrons. The molecule has 2 heteroatoms. The second kappa shape index (κ2) is 6.72. The van der Waals surface area contributed by atoms with Crippen LogP contribution in [0.15, 0.2) is 11.8 Å². The van der Waals surface area contributed by atoms with Crippen molar-refractivity contribution in [1.82, 2.24) is 0 Å². The van der Waals surface area contributed by atoms with Crippen LogP contribution >= 0.6 is 0 Å². The van der Waals surface area contributed by atoms with Crippen molar-refractivity contribution in [2.24, 2.45) is 11.8 Å². The highest BCUT2D eigenvalue weighted by molar-refractivity contribution is 5.67. The second-order valence-corrected chi connectivity index (χ2v) is 4.87. The first kappa shape index (κ1) is 13.3. The normalized spacial score (nSPS) is 20.6. The Kier molecular flexibility index (Phi) is 5.58. The Morgan fingerprint density at radius 2 is 2.00 bits per heavy atom. The van der Waals surface area contributed by atoms with Gasteiger partial charge in [0.25, 0.3) is 0 Å². The number of allylic oxidation sites excluding steroid dienone is 2. The minimum atomic E-state index is -0.192. The summed E-state index contributed by atoms with van der Waals surface area (Å²) in [5, 5.41) is 0. The quantitative estimate of drug-likeness (QED) is 0.531. The maximum Gasteiger partial charge on any atom is 0.307 e. The molecule has 0 bridgehead atoms. The molecule has 0 amide bonds. The molecule has 1 aliphatic carbocycles. The first-order chi connectivity index (χ1) is 7.63. The summed E-state index contributed by atoms with van der Waals surface area (Å²) >= 11 is 0. The van der Waals surface area contributed by atoms with Gasteiger partial charge in [-0.1, -0.05) is 33.1 Å². The Bertz CT molecular complexity index is 249. The molecule has 0 aromatic rings. The van der Waals surface area contributed by atoms with Gasteiger partial charge in [-0.3, -0.25) is 4.79 Å². The van der Waals surface area contributed by atoms with Crippen molar-refractivity contribution >= 4 is 5.97 Å². The number of carbonyl (C=O) groups excluding carboxylic acids is 1. The smallest absolute Gasteiger partial charge is 0.307 e. The van der Waals surface area contributed by atoms with Gasteiger partial charge < -0.3 is 4.74 Å². The zero-order chi connectivity index (χ0) is 12.0. The maximum atomic E-state index is 11.1. The average Bonchev–Trinajstić information content (AvgIpc) is 2.28. The third-order valence-electron chi connectivity index (χ3n) is 3.41. The zero-order valence-electron chi connectivity index (χ0n) is 10.8. The molecule has 0 N–H and O–H groups in total. The molecular formula is C14H24O2. The fraction of sp³-hybridized carbons (Fsp3) is 0.786. The summed E-state index contributed by atoms with van der Waals surface area (Å²) in [4.78, 5) is 11.1. The van der Waals surface area contributed by atoms with Crippen LogP contribution in [-0.4, -0.2) is 5.97 Å². The number of ether oxygens (including phenoxy) is 1. The Morgan fingerprint density at radius 3 is 2.50 bits per heavy atom. The number of rotatable bonds is 4. The lowest BCUT2D eigenvalue weighted by molar-refractivity contribution is -0.137. The van der Waals surface area contributed by atoms with Crippen molar-refractivity contribution in [2.75, 3.05) is 0 Å². The fourth-order valence-corrected chi connectivity index (χ4v) is 2.20. The van der Waals surface area contributed by atoms with E-state index in [9.17, 15) is 4.79 Å². The monoisotopic (exact) mass is 224 g/mol. The molecule has 0 aliphatic heterocycles. The van der Waals surface area contributed by atoms with E-state index in [4.69, 9.17) is 4.74 Å². The minimum Gasteiger partial charge on any atom is -0.431 e. The number of esters is 1. The Morgan fingerprint density at radius 1 is 1.38 bits per heavy atom. The van der Waals surface area contributed by atoms with E-state index in [0.717, 1.165) is 12.2 Å². The molecule has 1 rings (SSSR count). The van der Waals surface area contributed by atoms with Crippen molar-refractivity contribution < 1.29 is 9.53 Å². The molecule has 0 heterocycles. The molecule has 1 aliphatic rings. The lowest BCUT2D eigenvalue weighted by Gasteiger charge is -2.21. The highest BCUT2D eigenvalue weighted by Crippen LogP contribution is 2.28. The van der Waals surface area contributed by atoms with Crippen LogP contribution in [0.2, 0.25) is 0 Å². The summed E-state index contributed by atoms with van der Waals surface area (Å²) in [6.45, 7) is 5.73. The molecule has 0 saturated heterocycles. The molecule has 0 spiro atoms. The van der Waals surface area contributed by atoms with E-state index < -0.39 is 0 Å². The highest BCUT2D eigenvalue weighted by atomic mass is 16.5. The van der Waals surface area contributed by atoms with Crippen LogP contribution in [0.25, 0.3) is 0 Å². The summed E-state index contributed by atoms with van der Waals surface area (Å²) in [5.41, 5.74) is 0. The minimum absolute atomic E-state index is 0.192. The molecule has 1 saturated carbocycles. The molecule has 0 aromatic carbocycles. The third kappa shape index (κ3) is 4.38. The summed E-state index contributed by atoms with van der Waals surface area (Å²) in [6, 6.07) is 0. The summed E-state index contributed by atoms with van der Waals surface area (Å²) in [5.74, 6) is 1.67. The van der Waals surface area contributed by atoms with E-state index in [0.29, 0.717) is 11.8 Å². The predicted octanol–water partition coefficient (Wildman–Crippen LogP) is 4.06. The van der Waals surface area contributed by atoms with Gasteiger partial charge in [0.2, 0.25) is 0 Å². The van der Waals surface area contributed by atoms with E-state index >= 15 is 0 Å². The average molecular weight is 224 g/mol. The van der Waals surface area contributed by atoms with Crippen molar-refractivity contribution in [3.8, 4) is 0 Å². The number of hydrogen-bond donors (Lipinski definition) is 0. The second-order valence-electron chi connectivity index (χ2n) is 4.87. The number of carbonyl (C=O) groups is 1. The molecule has 0 radical (unpaired) electrons. The third-order valence-corrected chi connectivity index (χ3v) is 3.41. The summed E-state index contributed by atoms with van der Waals surface area (Å²) < 4.78 is 5.33. The molecule has 1 atom stereocenters. The lowest BCUT2D eigenvalue weighted by atomic mass is 9.87. The molecule has 1 unspecified atom stereocenters. The fourth-order valence-electron chi connectivity index (χ4n) is 2.20. The van der Waals surface area contributed by atoms with E-state index in [-0.39, 0.29) is 5.97 Å². The van der Waals surface area contributed by atoms with Gasteiger partial charge in [0.15, 0.2) is 0 Å². The van der Waals surface area contributed by atoms with Crippen LogP contribution in [0.4, 0.5) is 0 Å². The van der Waals surface area contributed by atoms with Crippen LogP contribution in [0.1, 0.15) is 59.3 Å². The first-order valence-corrected chi connectivity index (χ1v) is 6.53. The lowest BCUT2D eigenvalue weighted by Crippen LogP contribution is -2.11. The van der Waals surface area contributed by atoms with Crippen molar-refractivity contribution in [1.29, 1.82) is 0 Å². The van der Waals surface area contributed by atoms with Crippen LogP contribution in [0, 0.1) is 11.8 Å². The van der Waals surface area contributed by atoms with Crippen molar-refractivity contribution in [3.05, 3.63) is 11.8 Å². The van der Waals surface area contributed by atoms with Crippen molar-refractivity contribution in [2.45, 2.75) is 59.3 Å². The molecular weight excluding hydrogens is 200 g/mol. The van der Waals surface area contributed by atoms with Gasteiger partial charge in [0, 0.05) is 12.8 Å². The Hall–Kier alpha value is -0.790. The standard InChI is InChI=1S/C14H24O2/c1-4-11(2)14(16-12(3)15)10-13-8-6-5-7-9-13/h10-11,13H,4-9H2,1-3H3. The van der Waals surface area contributed by atoms with Gasteiger partial charge in [-0.15, -0.1) is 0 Å². The molecule has 0 aromatic heterocycles. The van der Waals surface area contributed by atoms with Gasteiger partial charge in [-0.05, 0) is 31.3 Å². The van der Waals surface area contributed by atoms with Crippen molar-refractivity contribution in [3.63, 3.8) is 0 Å². The molecule has 2 nitrogen and oxygen atoms in total. The van der Waals surface area contributed by atoms with Gasteiger partial charge in [-0.2, -0.15) is 0 Å². The predicted molar refractivity (Wildman–Crippen MR) is 65.9 cm³/mol. The first-order valence-electron chi connectivity index (χ1n) is 6.53.